The van der Waals surface area contributed by atoms with E-state index in [1.165, 1.54) is 0 Å². The van der Waals surface area contributed by atoms with Crippen LogP contribution in [-0.4, -0.2) is 30.8 Å². The zero-order chi connectivity index (χ0) is 17.7. The van der Waals surface area contributed by atoms with E-state index in [9.17, 15) is 14.4 Å². The first-order chi connectivity index (χ1) is 11.3. The Morgan fingerprint density at radius 1 is 1.04 bits per heavy atom. The second-order valence-corrected chi connectivity index (χ2v) is 7.09. The number of hydrogen-bond donors (Lipinski definition) is 3. The highest BCUT2D eigenvalue weighted by Crippen LogP contribution is 2.29. The van der Waals surface area contributed by atoms with Gasteiger partial charge in [-0.05, 0) is 43.0 Å². The van der Waals surface area contributed by atoms with Crippen LogP contribution < -0.4 is 16.0 Å². The lowest BCUT2D eigenvalue weighted by molar-refractivity contribution is -0.141. The number of carbonyl (C=O) groups is 3. The maximum Gasteiger partial charge on any atom is 0.316 e. The summed E-state index contributed by atoms with van der Waals surface area (Å²) in [5.41, 5.74) is 1.33. The fourth-order valence-electron chi connectivity index (χ4n) is 2.78. The lowest BCUT2D eigenvalue weighted by Gasteiger charge is -2.23. The van der Waals surface area contributed by atoms with Gasteiger partial charge < -0.3 is 10.6 Å². The SMILES string of the molecule is CC(C)(C)c1ccccc1NC(=O)C(=O)NC(=O)C1CCNCC1. The molecule has 2 rings (SSSR count). The summed E-state index contributed by atoms with van der Waals surface area (Å²) in [5, 5.41) is 7.97. The van der Waals surface area contributed by atoms with Crippen molar-refractivity contribution in [2.24, 2.45) is 5.92 Å². The number of rotatable bonds is 2. The smallest absolute Gasteiger partial charge is 0.316 e. The number of benzene rings is 1. The van der Waals surface area contributed by atoms with Crippen LogP contribution in [0.1, 0.15) is 39.2 Å². The van der Waals surface area contributed by atoms with Crippen LogP contribution in [0.4, 0.5) is 5.69 Å². The van der Waals surface area contributed by atoms with Gasteiger partial charge in [0, 0.05) is 11.6 Å². The molecule has 1 aromatic carbocycles. The Morgan fingerprint density at radius 2 is 1.67 bits per heavy atom. The molecule has 0 saturated carbocycles. The first kappa shape index (κ1) is 18.1. The van der Waals surface area contributed by atoms with Gasteiger partial charge in [-0.1, -0.05) is 39.0 Å². The number of piperidine rings is 1. The molecule has 3 N–H and O–H groups in total. The van der Waals surface area contributed by atoms with Crippen LogP contribution in [0.5, 0.6) is 0 Å². The Hall–Kier alpha value is -2.21. The van der Waals surface area contributed by atoms with E-state index in [2.05, 4.69) is 16.0 Å². The minimum Gasteiger partial charge on any atom is -0.317 e. The predicted molar refractivity (Wildman–Crippen MR) is 92.5 cm³/mol. The molecule has 1 aromatic rings. The summed E-state index contributed by atoms with van der Waals surface area (Å²) in [4.78, 5) is 36.2. The number of carbonyl (C=O) groups excluding carboxylic acids is 3. The number of nitrogens with one attached hydrogen (secondary N) is 3. The lowest BCUT2D eigenvalue weighted by atomic mass is 9.86. The molecule has 1 heterocycles. The first-order valence-electron chi connectivity index (χ1n) is 8.25. The van der Waals surface area contributed by atoms with Gasteiger partial charge in [-0.3, -0.25) is 19.7 Å². The Labute approximate surface area is 142 Å². The zero-order valence-electron chi connectivity index (χ0n) is 14.4. The minimum atomic E-state index is -0.915. The molecule has 3 amide bonds. The third kappa shape index (κ3) is 4.64. The van der Waals surface area contributed by atoms with Crippen LogP contribution >= 0.6 is 0 Å². The second kappa shape index (κ2) is 7.57. The van der Waals surface area contributed by atoms with Crippen molar-refractivity contribution < 1.29 is 14.4 Å². The van der Waals surface area contributed by atoms with E-state index in [0.717, 1.165) is 18.7 Å². The van der Waals surface area contributed by atoms with E-state index < -0.39 is 11.8 Å². The Kier molecular flexibility index (Phi) is 5.72. The summed E-state index contributed by atoms with van der Waals surface area (Å²) in [6.45, 7) is 7.57. The molecule has 1 fully saturated rings. The molecule has 0 atom stereocenters. The van der Waals surface area contributed by atoms with Crippen LogP contribution in [-0.2, 0) is 19.8 Å². The summed E-state index contributed by atoms with van der Waals surface area (Å²) in [5.74, 6) is -2.33. The van der Waals surface area contributed by atoms with E-state index in [4.69, 9.17) is 0 Å². The quantitative estimate of drug-likeness (QED) is 0.718. The third-order valence-corrected chi connectivity index (χ3v) is 4.14. The number of imide groups is 1. The standard InChI is InChI=1S/C18H25N3O3/c1-18(2,3)13-6-4-5-7-14(13)20-16(23)17(24)21-15(22)12-8-10-19-11-9-12/h4-7,12,19H,8-11H2,1-3H3,(H,20,23)(H,21,22,24). The summed E-state index contributed by atoms with van der Waals surface area (Å²) in [7, 11) is 0. The summed E-state index contributed by atoms with van der Waals surface area (Å²) < 4.78 is 0. The number of anilines is 1. The molecule has 6 nitrogen and oxygen atoms in total. The van der Waals surface area contributed by atoms with Crippen molar-refractivity contribution in [1.82, 2.24) is 10.6 Å². The van der Waals surface area contributed by atoms with Gasteiger partial charge in [0.1, 0.15) is 0 Å². The summed E-state index contributed by atoms with van der Waals surface area (Å²) >= 11 is 0. The molecule has 130 valence electrons. The molecule has 0 unspecified atom stereocenters. The van der Waals surface area contributed by atoms with Gasteiger partial charge in [0.2, 0.25) is 5.91 Å². The number of amides is 3. The zero-order valence-corrected chi connectivity index (χ0v) is 14.4. The highest BCUT2D eigenvalue weighted by atomic mass is 16.2. The van der Waals surface area contributed by atoms with E-state index >= 15 is 0 Å². The Morgan fingerprint density at radius 3 is 2.29 bits per heavy atom. The largest absolute Gasteiger partial charge is 0.317 e. The van der Waals surface area contributed by atoms with E-state index in [1.807, 2.05) is 32.9 Å². The highest BCUT2D eigenvalue weighted by molar-refractivity contribution is 6.42. The number of hydrogen-bond acceptors (Lipinski definition) is 4. The van der Waals surface area contributed by atoms with Crippen LogP contribution in [0.25, 0.3) is 0 Å². The summed E-state index contributed by atoms with van der Waals surface area (Å²) in [6, 6.07) is 7.34. The number of para-hydroxylation sites is 1. The summed E-state index contributed by atoms with van der Waals surface area (Å²) in [6.07, 6.45) is 1.35. The van der Waals surface area contributed by atoms with Crippen molar-refractivity contribution >= 4 is 23.4 Å². The first-order valence-corrected chi connectivity index (χ1v) is 8.25. The van der Waals surface area contributed by atoms with Gasteiger partial charge in [0.15, 0.2) is 0 Å². The molecule has 1 saturated heterocycles. The maximum absolute atomic E-state index is 12.1. The average Bonchev–Trinajstić information content (AvgIpc) is 2.55. The highest BCUT2D eigenvalue weighted by Gasteiger charge is 2.26. The van der Waals surface area contributed by atoms with Crippen LogP contribution in [0, 0.1) is 5.92 Å². The van der Waals surface area contributed by atoms with Crippen LogP contribution in [0.15, 0.2) is 24.3 Å². The average molecular weight is 331 g/mol. The predicted octanol–water partition coefficient (Wildman–Crippen LogP) is 1.56. The monoisotopic (exact) mass is 331 g/mol. The molecule has 0 aliphatic carbocycles. The van der Waals surface area contributed by atoms with E-state index in [1.54, 1.807) is 12.1 Å². The van der Waals surface area contributed by atoms with Gasteiger partial charge in [0.05, 0.1) is 0 Å². The van der Waals surface area contributed by atoms with Crippen molar-refractivity contribution in [2.45, 2.75) is 39.0 Å². The second-order valence-electron chi connectivity index (χ2n) is 7.09. The molecule has 24 heavy (non-hydrogen) atoms. The normalized spacial score (nSPS) is 15.6. The van der Waals surface area contributed by atoms with Gasteiger partial charge >= 0.3 is 11.8 Å². The maximum atomic E-state index is 12.1. The molecular weight excluding hydrogens is 306 g/mol. The van der Waals surface area contributed by atoms with Crippen LogP contribution in [0.3, 0.4) is 0 Å². The van der Waals surface area contributed by atoms with Crippen molar-refractivity contribution in [1.29, 1.82) is 0 Å². The van der Waals surface area contributed by atoms with Crippen molar-refractivity contribution in [3.63, 3.8) is 0 Å². The molecule has 6 heteroatoms. The van der Waals surface area contributed by atoms with Crippen molar-refractivity contribution in [3.8, 4) is 0 Å². The molecule has 1 aliphatic rings. The molecule has 1 aliphatic heterocycles. The fourth-order valence-corrected chi connectivity index (χ4v) is 2.78. The molecular formula is C18H25N3O3. The van der Waals surface area contributed by atoms with Gasteiger partial charge in [0.25, 0.3) is 0 Å². The molecule has 0 bridgehead atoms. The van der Waals surface area contributed by atoms with Gasteiger partial charge in [-0.2, -0.15) is 0 Å². The van der Waals surface area contributed by atoms with Gasteiger partial charge in [-0.15, -0.1) is 0 Å². The van der Waals surface area contributed by atoms with Gasteiger partial charge in [-0.25, -0.2) is 0 Å². The minimum absolute atomic E-state index is 0.175. The topological polar surface area (TPSA) is 87.3 Å². The van der Waals surface area contributed by atoms with E-state index in [-0.39, 0.29) is 17.2 Å². The molecule has 0 aromatic heterocycles. The fraction of sp³-hybridized carbons (Fsp3) is 0.500. The molecule has 0 radical (unpaired) electrons. The molecule has 0 spiro atoms. The van der Waals surface area contributed by atoms with Crippen LogP contribution in [0.2, 0.25) is 0 Å². The Balaban J connectivity index is 1.99. The third-order valence-electron chi connectivity index (χ3n) is 4.14. The Bertz CT molecular complexity index is 629. The lowest BCUT2D eigenvalue weighted by Crippen LogP contribution is -2.44. The van der Waals surface area contributed by atoms with E-state index in [0.29, 0.717) is 18.5 Å². The van der Waals surface area contributed by atoms with Crippen molar-refractivity contribution in [2.75, 3.05) is 18.4 Å². The van der Waals surface area contributed by atoms with Crippen molar-refractivity contribution in [3.05, 3.63) is 29.8 Å².